The standard InChI is InChI=1S/C8H6N4O7/c1-4(13)9-5-2-3-6(10(14)15)8(12(18)19)7(5)11(16)17/h2-3H,1H3,(H,9,13). The van der Waals surface area contributed by atoms with Crippen LogP contribution in [0.25, 0.3) is 0 Å². The van der Waals surface area contributed by atoms with E-state index in [9.17, 15) is 35.1 Å². The van der Waals surface area contributed by atoms with E-state index in [2.05, 4.69) is 0 Å². The maximum atomic E-state index is 10.9. The van der Waals surface area contributed by atoms with Gasteiger partial charge in [0.1, 0.15) is 5.69 Å². The summed E-state index contributed by atoms with van der Waals surface area (Å²) < 4.78 is 0. The minimum atomic E-state index is -1.28. The van der Waals surface area contributed by atoms with E-state index in [-0.39, 0.29) is 0 Å². The lowest BCUT2D eigenvalue weighted by Crippen LogP contribution is -2.10. The van der Waals surface area contributed by atoms with Gasteiger partial charge >= 0.3 is 17.1 Å². The number of hydrogen-bond donors (Lipinski definition) is 1. The lowest BCUT2D eigenvalue weighted by molar-refractivity contribution is -0.440. The summed E-state index contributed by atoms with van der Waals surface area (Å²) in [6.45, 7) is 1.04. The van der Waals surface area contributed by atoms with E-state index in [0.29, 0.717) is 0 Å². The molecule has 0 radical (unpaired) electrons. The lowest BCUT2D eigenvalue weighted by atomic mass is 10.2. The highest BCUT2D eigenvalue weighted by atomic mass is 16.6. The van der Waals surface area contributed by atoms with Gasteiger partial charge in [-0.25, -0.2) is 0 Å². The van der Waals surface area contributed by atoms with Gasteiger partial charge in [-0.05, 0) is 6.07 Å². The second-order valence-electron chi connectivity index (χ2n) is 3.28. The first kappa shape index (κ1) is 14.0. The number of carbonyl (C=O) groups excluding carboxylic acids is 1. The summed E-state index contributed by atoms with van der Waals surface area (Å²) in [6, 6.07) is 1.58. The second-order valence-corrected chi connectivity index (χ2v) is 3.28. The molecule has 1 N–H and O–H groups in total. The van der Waals surface area contributed by atoms with Gasteiger partial charge in [-0.1, -0.05) is 0 Å². The molecule has 11 nitrogen and oxygen atoms in total. The summed E-state index contributed by atoms with van der Waals surface area (Å²) in [5.41, 5.74) is -3.91. The first-order valence-corrected chi connectivity index (χ1v) is 4.63. The zero-order chi connectivity index (χ0) is 14.7. The number of hydrogen-bond acceptors (Lipinski definition) is 7. The SMILES string of the molecule is CC(=O)Nc1ccc([N+](=O)[O-])c([N+](=O)[O-])c1[N+](=O)[O-]. The van der Waals surface area contributed by atoms with Crippen molar-refractivity contribution in [3.8, 4) is 0 Å². The predicted octanol–water partition coefficient (Wildman–Crippen LogP) is 1.37. The van der Waals surface area contributed by atoms with Crippen LogP contribution in [0.1, 0.15) is 6.92 Å². The third-order valence-electron chi connectivity index (χ3n) is 2.00. The zero-order valence-electron chi connectivity index (χ0n) is 9.35. The Hall–Kier alpha value is -3.11. The fraction of sp³-hybridized carbons (Fsp3) is 0.125. The van der Waals surface area contributed by atoms with Crippen molar-refractivity contribution in [1.82, 2.24) is 0 Å². The van der Waals surface area contributed by atoms with Crippen molar-refractivity contribution in [1.29, 1.82) is 0 Å². The van der Waals surface area contributed by atoms with Gasteiger partial charge in [0.05, 0.1) is 14.8 Å². The van der Waals surface area contributed by atoms with Gasteiger partial charge in [-0.2, -0.15) is 0 Å². The average molecular weight is 270 g/mol. The van der Waals surface area contributed by atoms with Gasteiger partial charge in [0.15, 0.2) is 0 Å². The summed E-state index contributed by atoms with van der Waals surface area (Å²) >= 11 is 0. The Kier molecular flexibility index (Phi) is 3.70. The number of benzene rings is 1. The number of nitro groups is 3. The van der Waals surface area contributed by atoms with Crippen molar-refractivity contribution < 1.29 is 19.6 Å². The zero-order valence-corrected chi connectivity index (χ0v) is 9.35. The predicted molar refractivity (Wildman–Crippen MR) is 60.7 cm³/mol. The number of rotatable bonds is 4. The molecule has 0 heterocycles. The molecule has 100 valence electrons. The van der Waals surface area contributed by atoms with Crippen LogP contribution in [0.3, 0.4) is 0 Å². The number of anilines is 1. The minimum Gasteiger partial charge on any atom is -0.320 e. The van der Waals surface area contributed by atoms with E-state index in [0.717, 1.165) is 19.1 Å². The summed E-state index contributed by atoms with van der Waals surface area (Å²) in [6.07, 6.45) is 0. The van der Waals surface area contributed by atoms with E-state index in [4.69, 9.17) is 0 Å². The monoisotopic (exact) mass is 270 g/mol. The summed E-state index contributed by atoms with van der Waals surface area (Å²) in [5, 5.41) is 34.2. The largest absolute Gasteiger partial charge is 0.424 e. The first-order chi connectivity index (χ1) is 8.75. The van der Waals surface area contributed by atoms with E-state index in [1.54, 1.807) is 0 Å². The van der Waals surface area contributed by atoms with Crippen LogP contribution < -0.4 is 5.32 Å². The highest BCUT2D eigenvalue weighted by molar-refractivity contribution is 5.94. The molecular formula is C8H6N4O7. The summed E-state index contributed by atoms with van der Waals surface area (Å²) in [5.74, 6) is -0.703. The molecule has 0 atom stereocenters. The van der Waals surface area contributed by atoms with Gasteiger partial charge in [-0.15, -0.1) is 0 Å². The molecule has 0 fully saturated rings. The van der Waals surface area contributed by atoms with Crippen LogP contribution in [0.5, 0.6) is 0 Å². The van der Waals surface area contributed by atoms with Crippen LogP contribution in [0.15, 0.2) is 12.1 Å². The molecule has 0 aliphatic carbocycles. The molecule has 11 heteroatoms. The van der Waals surface area contributed by atoms with Crippen molar-refractivity contribution >= 4 is 28.7 Å². The van der Waals surface area contributed by atoms with E-state index < -0.39 is 43.4 Å². The highest BCUT2D eigenvalue weighted by Gasteiger charge is 2.38. The van der Waals surface area contributed by atoms with E-state index in [1.807, 2.05) is 5.32 Å². The lowest BCUT2D eigenvalue weighted by Gasteiger charge is -2.03. The normalized spacial score (nSPS) is 9.74. The van der Waals surface area contributed by atoms with Crippen LogP contribution in [0, 0.1) is 30.3 Å². The minimum absolute atomic E-state index is 0.477. The molecule has 1 amide bonds. The fourth-order valence-electron chi connectivity index (χ4n) is 1.37. The van der Waals surface area contributed by atoms with Crippen molar-refractivity contribution in [2.45, 2.75) is 6.92 Å². The highest BCUT2D eigenvalue weighted by Crippen LogP contribution is 2.41. The number of nitro benzene ring substituents is 3. The third-order valence-corrected chi connectivity index (χ3v) is 2.00. The van der Waals surface area contributed by atoms with Crippen molar-refractivity contribution in [2.24, 2.45) is 0 Å². The maximum Gasteiger partial charge on any atom is 0.424 e. The Morgan fingerprint density at radius 1 is 1.00 bits per heavy atom. The molecule has 1 rings (SSSR count). The molecule has 0 saturated heterocycles. The topological polar surface area (TPSA) is 159 Å². The smallest absolute Gasteiger partial charge is 0.320 e. The molecule has 1 aromatic rings. The summed E-state index contributed by atoms with van der Waals surface area (Å²) in [7, 11) is 0. The van der Waals surface area contributed by atoms with Crippen LogP contribution in [-0.2, 0) is 4.79 Å². The molecule has 0 aliphatic rings. The van der Waals surface area contributed by atoms with Crippen molar-refractivity contribution in [3.63, 3.8) is 0 Å². The molecule has 19 heavy (non-hydrogen) atoms. The van der Waals surface area contributed by atoms with Crippen LogP contribution in [0.4, 0.5) is 22.7 Å². The molecule has 0 aliphatic heterocycles. The quantitative estimate of drug-likeness (QED) is 0.638. The Morgan fingerprint density at radius 2 is 1.53 bits per heavy atom. The molecular weight excluding hydrogens is 264 g/mol. The van der Waals surface area contributed by atoms with Gasteiger partial charge in [0.25, 0.3) is 0 Å². The van der Waals surface area contributed by atoms with Gasteiger partial charge < -0.3 is 5.32 Å². The molecule has 0 unspecified atom stereocenters. The molecule has 0 saturated carbocycles. The molecule has 0 spiro atoms. The number of nitrogens with zero attached hydrogens (tertiary/aromatic N) is 3. The Balaban J connectivity index is 3.68. The average Bonchev–Trinajstić information content (AvgIpc) is 2.26. The van der Waals surface area contributed by atoms with Gasteiger partial charge in [0.2, 0.25) is 5.91 Å². The molecule has 1 aromatic carbocycles. The van der Waals surface area contributed by atoms with Crippen molar-refractivity contribution in [3.05, 3.63) is 42.5 Å². The van der Waals surface area contributed by atoms with Gasteiger partial charge in [-0.3, -0.25) is 35.1 Å². The Labute approximate surface area is 104 Å². The van der Waals surface area contributed by atoms with Crippen LogP contribution in [0.2, 0.25) is 0 Å². The van der Waals surface area contributed by atoms with E-state index >= 15 is 0 Å². The third kappa shape index (κ3) is 2.77. The Morgan fingerprint density at radius 3 is 1.89 bits per heavy atom. The summed E-state index contributed by atoms with van der Waals surface area (Å²) in [4.78, 5) is 39.6. The molecule has 0 bridgehead atoms. The number of amides is 1. The number of nitrogens with one attached hydrogen (secondary N) is 1. The van der Waals surface area contributed by atoms with Crippen LogP contribution >= 0.6 is 0 Å². The van der Waals surface area contributed by atoms with Gasteiger partial charge in [0, 0.05) is 13.0 Å². The first-order valence-electron chi connectivity index (χ1n) is 4.63. The maximum absolute atomic E-state index is 10.9. The Bertz CT molecular complexity index is 597. The number of carbonyl (C=O) groups is 1. The fourth-order valence-corrected chi connectivity index (χ4v) is 1.37. The van der Waals surface area contributed by atoms with Crippen molar-refractivity contribution in [2.75, 3.05) is 5.32 Å². The van der Waals surface area contributed by atoms with E-state index in [1.165, 1.54) is 0 Å². The van der Waals surface area contributed by atoms with Crippen LogP contribution in [-0.4, -0.2) is 20.7 Å². The second kappa shape index (κ2) is 5.03. The molecule has 0 aromatic heterocycles.